The zero-order valence-electron chi connectivity index (χ0n) is 17.5. The molecule has 2 aromatic rings. The zero-order chi connectivity index (χ0) is 22.2. The topological polar surface area (TPSA) is 102 Å². The summed E-state index contributed by atoms with van der Waals surface area (Å²) in [5.74, 6) is -0.404. The highest BCUT2D eigenvalue weighted by molar-refractivity contribution is 7.14. The van der Waals surface area contributed by atoms with Crippen molar-refractivity contribution in [1.29, 1.82) is 5.26 Å². The molecule has 1 aromatic heterocycles. The number of nitrogens with one attached hydrogen (secondary N) is 2. The van der Waals surface area contributed by atoms with E-state index in [1.807, 2.05) is 30.3 Å². The number of hydrogen-bond acceptors (Lipinski definition) is 5. The molecule has 1 aliphatic carbocycles. The van der Waals surface area contributed by atoms with Gasteiger partial charge in [-0.25, -0.2) is 0 Å². The Kier molecular flexibility index (Phi) is 7.79. The SMILES string of the molecule is CC1CCc2sc(C(=O)NNC(=O)CCC(=O)N(CCC#N)c3ccccc3)cc2C1. The predicted octanol–water partition coefficient (Wildman–Crippen LogP) is 3.36. The van der Waals surface area contributed by atoms with E-state index in [4.69, 9.17) is 5.26 Å². The van der Waals surface area contributed by atoms with E-state index in [0.29, 0.717) is 16.5 Å². The maximum absolute atomic E-state index is 12.6. The van der Waals surface area contributed by atoms with Gasteiger partial charge in [-0.05, 0) is 48.9 Å². The van der Waals surface area contributed by atoms with Crippen molar-refractivity contribution >= 4 is 34.7 Å². The van der Waals surface area contributed by atoms with Gasteiger partial charge in [-0.15, -0.1) is 11.3 Å². The molecule has 0 saturated carbocycles. The number of thiophene rings is 1. The second-order valence-electron chi connectivity index (χ2n) is 7.70. The van der Waals surface area contributed by atoms with Crippen molar-refractivity contribution in [3.05, 3.63) is 51.7 Å². The summed E-state index contributed by atoms with van der Waals surface area (Å²) < 4.78 is 0. The Morgan fingerprint density at radius 1 is 1.19 bits per heavy atom. The fourth-order valence-corrected chi connectivity index (χ4v) is 4.69. The van der Waals surface area contributed by atoms with Crippen molar-refractivity contribution in [2.45, 2.75) is 45.4 Å². The number of nitriles is 1. The minimum absolute atomic E-state index is 0.0206. The third-order valence-electron chi connectivity index (χ3n) is 5.25. The fraction of sp³-hybridized carbons (Fsp3) is 0.391. The van der Waals surface area contributed by atoms with Gasteiger partial charge in [0, 0.05) is 30.0 Å². The molecule has 0 spiro atoms. The van der Waals surface area contributed by atoms with Gasteiger partial charge in [-0.3, -0.25) is 25.2 Å². The van der Waals surface area contributed by atoms with Crippen molar-refractivity contribution in [2.24, 2.45) is 5.92 Å². The Morgan fingerprint density at radius 3 is 2.71 bits per heavy atom. The highest BCUT2D eigenvalue weighted by Gasteiger charge is 2.21. The number of nitrogens with zero attached hydrogens (tertiary/aromatic N) is 2. The summed E-state index contributed by atoms with van der Waals surface area (Å²) in [4.78, 5) is 40.5. The van der Waals surface area contributed by atoms with Crippen molar-refractivity contribution < 1.29 is 14.4 Å². The first-order valence-corrected chi connectivity index (χ1v) is 11.2. The van der Waals surface area contributed by atoms with Crippen LogP contribution in [-0.4, -0.2) is 24.3 Å². The Bertz CT molecular complexity index is 980. The van der Waals surface area contributed by atoms with E-state index in [9.17, 15) is 14.4 Å². The van der Waals surface area contributed by atoms with Crippen LogP contribution >= 0.6 is 11.3 Å². The Balaban J connectivity index is 1.48. The molecule has 1 aliphatic rings. The van der Waals surface area contributed by atoms with Crippen molar-refractivity contribution in [3.8, 4) is 6.07 Å². The molecule has 1 heterocycles. The third kappa shape index (κ3) is 6.15. The Morgan fingerprint density at radius 2 is 1.97 bits per heavy atom. The van der Waals surface area contributed by atoms with Gasteiger partial charge in [0.15, 0.2) is 0 Å². The van der Waals surface area contributed by atoms with Crippen LogP contribution in [0.2, 0.25) is 0 Å². The number of para-hydroxylation sites is 1. The summed E-state index contributed by atoms with van der Waals surface area (Å²) in [6, 6.07) is 13.0. The summed E-state index contributed by atoms with van der Waals surface area (Å²) in [7, 11) is 0. The van der Waals surface area contributed by atoms with E-state index in [1.165, 1.54) is 26.7 Å². The van der Waals surface area contributed by atoms with Crippen LogP contribution in [0, 0.1) is 17.2 Å². The lowest BCUT2D eigenvalue weighted by atomic mass is 9.90. The molecule has 0 aliphatic heterocycles. The lowest BCUT2D eigenvalue weighted by Crippen LogP contribution is -2.42. The summed E-state index contributed by atoms with van der Waals surface area (Å²) in [6.45, 7) is 2.47. The Hall–Kier alpha value is -3.18. The molecule has 162 valence electrons. The number of fused-ring (bicyclic) bond motifs is 1. The van der Waals surface area contributed by atoms with Crippen molar-refractivity contribution in [3.63, 3.8) is 0 Å². The van der Waals surface area contributed by atoms with Gasteiger partial charge in [-0.1, -0.05) is 25.1 Å². The van der Waals surface area contributed by atoms with E-state index >= 15 is 0 Å². The molecule has 0 radical (unpaired) electrons. The normalized spacial score (nSPS) is 14.8. The quantitative estimate of drug-likeness (QED) is 0.647. The summed E-state index contributed by atoms with van der Waals surface area (Å²) in [5, 5.41) is 8.85. The van der Waals surface area contributed by atoms with E-state index in [1.54, 1.807) is 12.1 Å². The summed E-state index contributed by atoms with van der Waals surface area (Å²) in [6.07, 6.45) is 3.23. The highest BCUT2D eigenvalue weighted by atomic mass is 32.1. The van der Waals surface area contributed by atoms with Crippen LogP contribution < -0.4 is 15.8 Å². The smallest absolute Gasteiger partial charge is 0.279 e. The van der Waals surface area contributed by atoms with Gasteiger partial charge in [0.05, 0.1) is 17.4 Å². The second-order valence-corrected chi connectivity index (χ2v) is 8.84. The minimum atomic E-state index is -0.440. The van der Waals surface area contributed by atoms with Crippen LogP contribution in [0.15, 0.2) is 36.4 Å². The molecule has 3 amide bonds. The standard InChI is InChI=1S/C23H26N4O3S/c1-16-8-9-19-17(14-16)15-20(31-19)23(30)26-25-21(28)10-11-22(29)27(13-5-12-24)18-6-3-2-4-7-18/h2-4,6-7,15-16H,5,8-11,13-14H2,1H3,(H,25,28)(H,26,30). The molecule has 3 rings (SSSR count). The molecule has 1 atom stereocenters. The first-order valence-electron chi connectivity index (χ1n) is 10.4. The molecule has 31 heavy (non-hydrogen) atoms. The van der Waals surface area contributed by atoms with E-state index < -0.39 is 5.91 Å². The van der Waals surface area contributed by atoms with Gasteiger partial charge in [0.25, 0.3) is 5.91 Å². The highest BCUT2D eigenvalue weighted by Crippen LogP contribution is 2.32. The molecule has 0 saturated heterocycles. The van der Waals surface area contributed by atoms with Crippen LogP contribution in [0.25, 0.3) is 0 Å². The average Bonchev–Trinajstić information content (AvgIpc) is 3.20. The molecular weight excluding hydrogens is 412 g/mol. The molecule has 1 aromatic carbocycles. The van der Waals surface area contributed by atoms with Gasteiger partial charge >= 0.3 is 0 Å². The predicted molar refractivity (Wildman–Crippen MR) is 119 cm³/mol. The van der Waals surface area contributed by atoms with Crippen LogP contribution in [0.1, 0.15) is 52.7 Å². The number of carbonyl (C=O) groups excluding carboxylic acids is 3. The van der Waals surface area contributed by atoms with Gasteiger partial charge < -0.3 is 4.90 Å². The van der Waals surface area contributed by atoms with Crippen LogP contribution in [-0.2, 0) is 22.4 Å². The molecular formula is C23H26N4O3S. The number of anilines is 1. The van der Waals surface area contributed by atoms with Crippen LogP contribution in [0.5, 0.6) is 0 Å². The number of rotatable bonds is 7. The monoisotopic (exact) mass is 438 g/mol. The molecule has 0 bridgehead atoms. The molecule has 0 fully saturated rings. The van der Waals surface area contributed by atoms with Gasteiger partial charge in [0.1, 0.15) is 0 Å². The third-order valence-corrected chi connectivity index (χ3v) is 6.49. The maximum Gasteiger partial charge on any atom is 0.279 e. The number of carbonyl (C=O) groups is 3. The van der Waals surface area contributed by atoms with Crippen molar-refractivity contribution in [2.75, 3.05) is 11.4 Å². The van der Waals surface area contributed by atoms with Crippen LogP contribution in [0.4, 0.5) is 5.69 Å². The van der Waals surface area contributed by atoms with Crippen LogP contribution in [0.3, 0.4) is 0 Å². The average molecular weight is 439 g/mol. The van der Waals surface area contributed by atoms with Crippen molar-refractivity contribution in [1.82, 2.24) is 10.9 Å². The largest absolute Gasteiger partial charge is 0.311 e. The number of benzene rings is 1. The maximum atomic E-state index is 12.6. The summed E-state index contributed by atoms with van der Waals surface area (Å²) in [5.41, 5.74) is 6.75. The number of amides is 3. The Labute approximate surface area is 186 Å². The van der Waals surface area contributed by atoms with E-state index in [-0.39, 0.29) is 37.6 Å². The molecule has 7 nitrogen and oxygen atoms in total. The molecule has 8 heteroatoms. The number of aryl methyl sites for hydroxylation is 1. The lowest BCUT2D eigenvalue weighted by Gasteiger charge is -2.21. The second kappa shape index (κ2) is 10.7. The zero-order valence-corrected chi connectivity index (χ0v) is 18.3. The number of hydrazine groups is 1. The minimum Gasteiger partial charge on any atom is -0.311 e. The first-order chi connectivity index (χ1) is 15.0. The lowest BCUT2D eigenvalue weighted by molar-refractivity contribution is -0.125. The number of hydrogen-bond donors (Lipinski definition) is 2. The fourth-order valence-electron chi connectivity index (χ4n) is 3.59. The summed E-state index contributed by atoms with van der Waals surface area (Å²) >= 11 is 1.47. The van der Waals surface area contributed by atoms with E-state index in [0.717, 1.165) is 19.3 Å². The first kappa shape index (κ1) is 22.5. The van der Waals surface area contributed by atoms with E-state index in [2.05, 4.69) is 17.8 Å². The molecule has 2 N–H and O–H groups in total. The van der Waals surface area contributed by atoms with Gasteiger partial charge in [0.2, 0.25) is 11.8 Å². The van der Waals surface area contributed by atoms with Gasteiger partial charge in [-0.2, -0.15) is 5.26 Å². The molecule has 1 unspecified atom stereocenters.